The fourth-order valence-electron chi connectivity index (χ4n) is 2.27. The Bertz CT molecular complexity index is 568. The maximum absolute atomic E-state index is 12.3. The van der Waals surface area contributed by atoms with Gasteiger partial charge in [0.05, 0.1) is 4.90 Å². The van der Waals surface area contributed by atoms with Gasteiger partial charge < -0.3 is 5.73 Å². The van der Waals surface area contributed by atoms with Crippen molar-refractivity contribution in [1.82, 2.24) is 4.72 Å². The molecule has 2 rings (SSSR count). The topological polar surface area (TPSA) is 72.2 Å². The van der Waals surface area contributed by atoms with Crippen molar-refractivity contribution < 1.29 is 8.42 Å². The molecule has 6 heteroatoms. The van der Waals surface area contributed by atoms with Gasteiger partial charge in [0.2, 0.25) is 10.0 Å². The molecule has 1 aromatic rings. The van der Waals surface area contributed by atoms with Gasteiger partial charge in [0.1, 0.15) is 0 Å². The normalized spacial score (nSPS) is 17.4. The highest BCUT2D eigenvalue weighted by Gasteiger charge is 2.42. The van der Waals surface area contributed by atoms with Gasteiger partial charge in [-0.1, -0.05) is 13.3 Å². The van der Waals surface area contributed by atoms with Gasteiger partial charge in [-0.25, -0.2) is 13.1 Å². The minimum absolute atomic E-state index is 0.189. The number of rotatable bonds is 6. The first kappa shape index (κ1) is 14.8. The summed E-state index contributed by atoms with van der Waals surface area (Å²) in [5.74, 6) is 0. The van der Waals surface area contributed by atoms with Crippen molar-refractivity contribution in [2.45, 2.75) is 37.5 Å². The lowest BCUT2D eigenvalue weighted by Gasteiger charge is -2.15. The van der Waals surface area contributed by atoms with Crippen LogP contribution in [0.1, 0.15) is 32.6 Å². The van der Waals surface area contributed by atoms with E-state index in [0.29, 0.717) is 16.7 Å². The lowest BCUT2D eigenvalue weighted by molar-refractivity contribution is 0.449. The van der Waals surface area contributed by atoms with Crippen LogP contribution < -0.4 is 10.5 Å². The Morgan fingerprint density at radius 1 is 1.42 bits per heavy atom. The summed E-state index contributed by atoms with van der Waals surface area (Å²) in [6, 6.07) is 4.80. The number of hydrogen-bond donors (Lipinski definition) is 2. The van der Waals surface area contributed by atoms with Crippen LogP contribution in [0.4, 0.5) is 5.69 Å². The monoisotopic (exact) mass is 346 g/mol. The number of nitrogens with two attached hydrogens (primary N) is 1. The van der Waals surface area contributed by atoms with Crippen molar-refractivity contribution in [1.29, 1.82) is 0 Å². The predicted octanol–water partition coefficient (Wildman–Crippen LogP) is 2.89. The Labute approximate surface area is 122 Å². The van der Waals surface area contributed by atoms with E-state index in [1.165, 1.54) is 6.07 Å². The Morgan fingerprint density at radius 3 is 2.68 bits per heavy atom. The van der Waals surface area contributed by atoms with E-state index < -0.39 is 10.0 Å². The second kappa shape index (κ2) is 5.42. The standard InChI is InChI=1S/C13H19BrN2O2S/c1-2-5-13(6-7-13)9-16-19(17,18)12-8-10(15)3-4-11(12)14/h3-4,8,16H,2,5-7,9,15H2,1H3. The lowest BCUT2D eigenvalue weighted by atomic mass is 10.0. The van der Waals surface area contributed by atoms with Gasteiger partial charge in [0.15, 0.2) is 0 Å². The summed E-state index contributed by atoms with van der Waals surface area (Å²) in [6.45, 7) is 2.65. The summed E-state index contributed by atoms with van der Waals surface area (Å²) in [4.78, 5) is 0.208. The van der Waals surface area contributed by atoms with Crippen LogP contribution in [0.25, 0.3) is 0 Å². The van der Waals surface area contributed by atoms with Crippen LogP contribution >= 0.6 is 15.9 Å². The molecule has 1 aliphatic rings. The number of sulfonamides is 1. The van der Waals surface area contributed by atoms with E-state index in [1.54, 1.807) is 12.1 Å². The molecule has 4 nitrogen and oxygen atoms in total. The molecule has 0 aromatic heterocycles. The van der Waals surface area contributed by atoms with Crippen molar-refractivity contribution in [3.8, 4) is 0 Å². The van der Waals surface area contributed by atoms with E-state index in [2.05, 4.69) is 27.6 Å². The molecule has 1 aromatic carbocycles. The molecule has 0 spiro atoms. The summed E-state index contributed by atoms with van der Waals surface area (Å²) >= 11 is 3.26. The molecule has 0 unspecified atom stereocenters. The van der Waals surface area contributed by atoms with Gasteiger partial charge in [-0.3, -0.25) is 0 Å². The average molecular weight is 347 g/mol. The molecule has 0 bridgehead atoms. The molecule has 0 amide bonds. The molecule has 19 heavy (non-hydrogen) atoms. The van der Waals surface area contributed by atoms with E-state index in [9.17, 15) is 8.42 Å². The minimum atomic E-state index is -3.50. The molecule has 0 aliphatic heterocycles. The first-order valence-corrected chi connectivity index (χ1v) is 8.71. The zero-order valence-electron chi connectivity index (χ0n) is 10.9. The maximum atomic E-state index is 12.3. The van der Waals surface area contributed by atoms with Gasteiger partial charge in [0.25, 0.3) is 0 Å². The third-order valence-electron chi connectivity index (χ3n) is 3.62. The van der Waals surface area contributed by atoms with Crippen molar-refractivity contribution in [3.05, 3.63) is 22.7 Å². The smallest absolute Gasteiger partial charge is 0.241 e. The zero-order chi connectivity index (χ0) is 14.1. The van der Waals surface area contributed by atoms with Crippen molar-refractivity contribution >= 4 is 31.6 Å². The first-order valence-electron chi connectivity index (χ1n) is 6.43. The summed E-state index contributed by atoms with van der Waals surface area (Å²) in [5, 5.41) is 0. The van der Waals surface area contributed by atoms with E-state index in [-0.39, 0.29) is 10.3 Å². The SMILES string of the molecule is CCCC1(CNS(=O)(=O)c2cc(N)ccc2Br)CC1. The Hall–Kier alpha value is -0.590. The summed E-state index contributed by atoms with van der Waals surface area (Å²) in [7, 11) is -3.50. The van der Waals surface area contributed by atoms with Gasteiger partial charge in [-0.2, -0.15) is 0 Å². The Kier molecular flexibility index (Phi) is 4.23. The molecule has 106 valence electrons. The lowest BCUT2D eigenvalue weighted by Crippen LogP contribution is -2.30. The quantitative estimate of drug-likeness (QED) is 0.778. The molecule has 1 aliphatic carbocycles. The number of nitrogens with one attached hydrogen (secondary N) is 1. The number of benzene rings is 1. The number of halogens is 1. The largest absolute Gasteiger partial charge is 0.399 e. The average Bonchev–Trinajstić information content (AvgIpc) is 3.11. The number of nitrogen functional groups attached to an aromatic ring is 1. The van der Waals surface area contributed by atoms with Gasteiger partial charge in [0, 0.05) is 16.7 Å². The molecular weight excluding hydrogens is 328 g/mol. The third-order valence-corrected chi connectivity index (χ3v) is 6.01. The second-order valence-electron chi connectivity index (χ2n) is 5.26. The molecule has 0 heterocycles. The highest BCUT2D eigenvalue weighted by atomic mass is 79.9. The van der Waals surface area contributed by atoms with E-state index in [1.807, 2.05) is 0 Å². The van der Waals surface area contributed by atoms with Crippen LogP contribution in [0.3, 0.4) is 0 Å². The molecule has 1 fully saturated rings. The predicted molar refractivity (Wildman–Crippen MR) is 80.3 cm³/mol. The van der Waals surface area contributed by atoms with Gasteiger partial charge >= 0.3 is 0 Å². The Balaban J connectivity index is 2.12. The molecule has 1 saturated carbocycles. The van der Waals surface area contributed by atoms with Crippen molar-refractivity contribution in [3.63, 3.8) is 0 Å². The number of hydrogen-bond acceptors (Lipinski definition) is 3. The van der Waals surface area contributed by atoms with E-state index >= 15 is 0 Å². The summed E-state index contributed by atoms with van der Waals surface area (Å²) in [5.41, 5.74) is 6.29. The van der Waals surface area contributed by atoms with Crippen molar-refractivity contribution in [2.75, 3.05) is 12.3 Å². The van der Waals surface area contributed by atoms with Crippen LogP contribution in [0.2, 0.25) is 0 Å². The zero-order valence-corrected chi connectivity index (χ0v) is 13.4. The molecule has 0 radical (unpaired) electrons. The third kappa shape index (κ3) is 3.49. The molecule has 0 saturated heterocycles. The molecular formula is C13H19BrN2O2S. The van der Waals surface area contributed by atoms with E-state index in [0.717, 1.165) is 25.7 Å². The fraction of sp³-hybridized carbons (Fsp3) is 0.538. The number of anilines is 1. The van der Waals surface area contributed by atoms with Crippen LogP contribution in [-0.2, 0) is 10.0 Å². The fourth-order valence-corrected chi connectivity index (χ4v) is 4.43. The highest BCUT2D eigenvalue weighted by Crippen LogP contribution is 2.49. The van der Waals surface area contributed by atoms with Crippen LogP contribution in [0, 0.1) is 5.41 Å². The molecule has 0 atom stereocenters. The molecule has 3 N–H and O–H groups in total. The summed E-state index contributed by atoms with van der Waals surface area (Å²) in [6.07, 6.45) is 4.39. The second-order valence-corrected chi connectivity index (χ2v) is 7.85. The van der Waals surface area contributed by atoms with Crippen LogP contribution in [-0.4, -0.2) is 15.0 Å². The van der Waals surface area contributed by atoms with Gasteiger partial charge in [-0.05, 0) is 58.8 Å². The minimum Gasteiger partial charge on any atom is -0.399 e. The van der Waals surface area contributed by atoms with Gasteiger partial charge in [-0.15, -0.1) is 0 Å². The van der Waals surface area contributed by atoms with Crippen molar-refractivity contribution in [2.24, 2.45) is 5.41 Å². The van der Waals surface area contributed by atoms with Crippen LogP contribution in [0.15, 0.2) is 27.6 Å². The first-order chi connectivity index (χ1) is 8.88. The Morgan fingerprint density at radius 2 is 2.11 bits per heavy atom. The summed E-state index contributed by atoms with van der Waals surface area (Å²) < 4.78 is 27.8. The highest BCUT2D eigenvalue weighted by molar-refractivity contribution is 9.10. The van der Waals surface area contributed by atoms with Crippen LogP contribution in [0.5, 0.6) is 0 Å². The maximum Gasteiger partial charge on any atom is 0.241 e. The van der Waals surface area contributed by atoms with E-state index in [4.69, 9.17) is 5.73 Å².